The molecule has 0 spiro atoms. The number of halogens is 1. The molecule has 1 atom stereocenters. The van der Waals surface area contributed by atoms with Crippen LogP contribution in [0.15, 0.2) is 28.7 Å². The minimum atomic E-state index is 0.140. The maximum atomic E-state index is 5.73. The summed E-state index contributed by atoms with van der Waals surface area (Å²) in [5.41, 5.74) is 7.21. The summed E-state index contributed by atoms with van der Waals surface area (Å²) >= 11 is 3.52. The van der Waals surface area contributed by atoms with Crippen molar-refractivity contribution >= 4 is 15.9 Å². The Labute approximate surface area is 113 Å². The van der Waals surface area contributed by atoms with Gasteiger partial charge in [-0.05, 0) is 37.6 Å². The Kier molecular flexibility index (Phi) is 5.63. The lowest BCUT2D eigenvalue weighted by Crippen LogP contribution is -2.35. The summed E-state index contributed by atoms with van der Waals surface area (Å²) < 4.78 is 1.14. The van der Waals surface area contributed by atoms with E-state index in [0.29, 0.717) is 0 Å². The van der Waals surface area contributed by atoms with E-state index in [9.17, 15) is 0 Å². The topological polar surface area (TPSA) is 38.0 Å². The molecule has 0 radical (unpaired) electrons. The molecule has 0 fully saturated rings. The molecule has 0 saturated heterocycles. The smallest absolute Gasteiger partial charge is 0.0178 e. The van der Waals surface area contributed by atoms with E-state index in [4.69, 9.17) is 5.73 Å². The first kappa shape index (κ1) is 14.7. The quantitative estimate of drug-likeness (QED) is 0.792. The van der Waals surface area contributed by atoms with Crippen LogP contribution in [0.2, 0.25) is 0 Å². The fraction of sp³-hybridized carbons (Fsp3) is 0.571. The van der Waals surface area contributed by atoms with Crippen LogP contribution < -0.4 is 11.1 Å². The maximum Gasteiger partial charge on any atom is 0.0178 e. The Morgan fingerprint density at radius 2 is 2.12 bits per heavy atom. The van der Waals surface area contributed by atoms with Crippen LogP contribution in [-0.2, 0) is 5.41 Å². The Balaban J connectivity index is 2.50. The molecule has 96 valence electrons. The van der Waals surface area contributed by atoms with Crippen molar-refractivity contribution in [1.29, 1.82) is 0 Å². The summed E-state index contributed by atoms with van der Waals surface area (Å²) in [5.74, 6) is 0. The van der Waals surface area contributed by atoms with Gasteiger partial charge in [0.15, 0.2) is 0 Å². The molecular formula is C14H23BrN2. The van der Waals surface area contributed by atoms with Crippen LogP contribution in [0.5, 0.6) is 0 Å². The van der Waals surface area contributed by atoms with Gasteiger partial charge in [-0.1, -0.05) is 41.9 Å². The normalized spacial score (nSPS) is 13.7. The summed E-state index contributed by atoms with van der Waals surface area (Å²) in [6, 6.07) is 8.79. The first-order valence-electron chi connectivity index (χ1n) is 6.14. The summed E-state index contributed by atoms with van der Waals surface area (Å²) in [5, 5.41) is 3.48. The van der Waals surface area contributed by atoms with E-state index < -0.39 is 0 Å². The SMILES string of the molecule is CC(N)CCNCC(C)(C)c1cccc(Br)c1. The molecule has 1 aromatic rings. The van der Waals surface area contributed by atoms with Crippen molar-refractivity contribution in [1.82, 2.24) is 5.32 Å². The highest BCUT2D eigenvalue weighted by atomic mass is 79.9. The van der Waals surface area contributed by atoms with Crippen molar-refractivity contribution in [3.05, 3.63) is 34.3 Å². The van der Waals surface area contributed by atoms with E-state index in [1.54, 1.807) is 0 Å². The molecule has 1 rings (SSSR count). The molecule has 2 nitrogen and oxygen atoms in total. The molecule has 0 aromatic heterocycles. The van der Waals surface area contributed by atoms with Gasteiger partial charge in [-0.3, -0.25) is 0 Å². The third-order valence-corrected chi connectivity index (χ3v) is 3.44. The summed E-state index contributed by atoms with van der Waals surface area (Å²) in [4.78, 5) is 0. The number of nitrogens with one attached hydrogen (secondary N) is 1. The van der Waals surface area contributed by atoms with Crippen LogP contribution in [0.3, 0.4) is 0 Å². The summed E-state index contributed by atoms with van der Waals surface area (Å²) in [6.45, 7) is 8.51. The number of hydrogen-bond donors (Lipinski definition) is 2. The van der Waals surface area contributed by atoms with E-state index in [-0.39, 0.29) is 11.5 Å². The molecule has 0 bridgehead atoms. The van der Waals surface area contributed by atoms with E-state index in [1.165, 1.54) is 5.56 Å². The molecular weight excluding hydrogens is 276 g/mol. The highest BCUT2D eigenvalue weighted by molar-refractivity contribution is 9.10. The van der Waals surface area contributed by atoms with Gasteiger partial charge >= 0.3 is 0 Å². The monoisotopic (exact) mass is 298 g/mol. The van der Waals surface area contributed by atoms with Crippen molar-refractivity contribution < 1.29 is 0 Å². The molecule has 0 amide bonds. The van der Waals surface area contributed by atoms with Crippen molar-refractivity contribution in [2.75, 3.05) is 13.1 Å². The van der Waals surface area contributed by atoms with E-state index in [1.807, 2.05) is 6.92 Å². The van der Waals surface area contributed by atoms with Crippen molar-refractivity contribution in [2.24, 2.45) is 5.73 Å². The lowest BCUT2D eigenvalue weighted by molar-refractivity contribution is 0.458. The third kappa shape index (κ3) is 5.19. The fourth-order valence-electron chi connectivity index (χ4n) is 1.74. The number of nitrogens with two attached hydrogens (primary N) is 1. The Morgan fingerprint density at radius 3 is 2.71 bits per heavy atom. The van der Waals surface area contributed by atoms with Crippen LogP contribution in [-0.4, -0.2) is 19.1 Å². The standard InChI is InChI=1S/C14H23BrN2/c1-11(16)7-8-17-10-14(2,3)12-5-4-6-13(15)9-12/h4-6,9,11,17H,7-8,10,16H2,1-3H3. The van der Waals surface area contributed by atoms with Gasteiger partial charge in [-0.2, -0.15) is 0 Å². The highest BCUT2D eigenvalue weighted by Gasteiger charge is 2.19. The first-order chi connectivity index (χ1) is 7.92. The van der Waals surface area contributed by atoms with Gasteiger partial charge in [0.2, 0.25) is 0 Å². The zero-order chi connectivity index (χ0) is 12.9. The predicted octanol–water partition coefficient (Wildman–Crippen LogP) is 3.05. The predicted molar refractivity (Wildman–Crippen MR) is 78.3 cm³/mol. The lowest BCUT2D eigenvalue weighted by atomic mass is 9.84. The average molecular weight is 299 g/mol. The fourth-order valence-corrected chi connectivity index (χ4v) is 2.14. The molecule has 3 N–H and O–H groups in total. The van der Waals surface area contributed by atoms with Gasteiger partial charge < -0.3 is 11.1 Å². The second kappa shape index (κ2) is 6.53. The zero-order valence-electron chi connectivity index (χ0n) is 11.0. The van der Waals surface area contributed by atoms with E-state index >= 15 is 0 Å². The van der Waals surface area contributed by atoms with Crippen LogP contribution in [0, 0.1) is 0 Å². The molecule has 0 aliphatic rings. The molecule has 0 aliphatic carbocycles. The van der Waals surface area contributed by atoms with Gasteiger partial charge in [-0.15, -0.1) is 0 Å². The molecule has 0 saturated carbocycles. The van der Waals surface area contributed by atoms with Gasteiger partial charge in [0.25, 0.3) is 0 Å². The van der Waals surface area contributed by atoms with E-state index in [0.717, 1.165) is 24.0 Å². The number of benzene rings is 1. The lowest BCUT2D eigenvalue weighted by Gasteiger charge is -2.26. The minimum absolute atomic E-state index is 0.140. The average Bonchev–Trinajstić information content (AvgIpc) is 2.24. The van der Waals surface area contributed by atoms with Gasteiger partial charge in [0.05, 0.1) is 0 Å². The van der Waals surface area contributed by atoms with Crippen LogP contribution in [0.25, 0.3) is 0 Å². The van der Waals surface area contributed by atoms with Crippen LogP contribution in [0.4, 0.5) is 0 Å². The largest absolute Gasteiger partial charge is 0.328 e. The second-order valence-electron chi connectivity index (χ2n) is 5.34. The molecule has 1 unspecified atom stereocenters. The Bertz CT molecular complexity index is 348. The number of rotatable bonds is 6. The van der Waals surface area contributed by atoms with Gasteiger partial charge in [0, 0.05) is 22.5 Å². The van der Waals surface area contributed by atoms with Gasteiger partial charge in [-0.25, -0.2) is 0 Å². The van der Waals surface area contributed by atoms with Crippen molar-refractivity contribution in [2.45, 2.75) is 38.6 Å². The van der Waals surface area contributed by atoms with Crippen LogP contribution >= 0.6 is 15.9 Å². The Hall–Kier alpha value is -0.380. The summed E-state index contributed by atoms with van der Waals surface area (Å²) in [7, 11) is 0. The molecule has 0 heterocycles. The van der Waals surface area contributed by atoms with Crippen molar-refractivity contribution in [3.63, 3.8) is 0 Å². The second-order valence-corrected chi connectivity index (χ2v) is 6.25. The zero-order valence-corrected chi connectivity index (χ0v) is 12.5. The third-order valence-electron chi connectivity index (χ3n) is 2.95. The summed E-state index contributed by atoms with van der Waals surface area (Å²) in [6.07, 6.45) is 1.02. The molecule has 1 aromatic carbocycles. The van der Waals surface area contributed by atoms with E-state index in [2.05, 4.69) is 59.4 Å². The maximum absolute atomic E-state index is 5.73. The molecule has 17 heavy (non-hydrogen) atoms. The Morgan fingerprint density at radius 1 is 1.41 bits per heavy atom. The molecule has 0 aliphatic heterocycles. The number of hydrogen-bond acceptors (Lipinski definition) is 2. The highest BCUT2D eigenvalue weighted by Crippen LogP contribution is 2.24. The van der Waals surface area contributed by atoms with Gasteiger partial charge in [0.1, 0.15) is 0 Å². The minimum Gasteiger partial charge on any atom is -0.328 e. The van der Waals surface area contributed by atoms with Crippen molar-refractivity contribution in [3.8, 4) is 0 Å². The molecule has 3 heteroatoms. The first-order valence-corrected chi connectivity index (χ1v) is 6.93. The van der Waals surface area contributed by atoms with Crippen LogP contribution in [0.1, 0.15) is 32.8 Å².